The molecule has 1 saturated heterocycles. The van der Waals surface area contributed by atoms with E-state index in [0.29, 0.717) is 41.9 Å². The Kier molecular flexibility index (Phi) is 9.38. The van der Waals surface area contributed by atoms with E-state index in [0.717, 1.165) is 66.9 Å². The smallest absolute Gasteiger partial charge is 0.342 e. The number of unbranched alkanes of at least 4 members (excludes halogenated alkanes) is 1. The fraction of sp³-hybridized carbons (Fsp3) is 0.441. The normalized spacial score (nSPS) is 14.0. The summed E-state index contributed by atoms with van der Waals surface area (Å²) in [5.41, 5.74) is 4.55. The van der Waals surface area contributed by atoms with Crippen molar-refractivity contribution in [2.75, 3.05) is 13.1 Å². The van der Waals surface area contributed by atoms with Gasteiger partial charge in [-0.05, 0) is 54.7 Å². The molecule has 1 aliphatic heterocycles. The number of benzene rings is 2. The highest BCUT2D eigenvalue weighted by Crippen LogP contribution is 2.30. The largest absolute Gasteiger partial charge is 0.439 e. The number of H-pyrrole nitrogens is 1. The number of nitrogens with zero attached hydrogens (tertiary/aromatic N) is 4. The van der Waals surface area contributed by atoms with Crippen LogP contribution in [0.4, 0.5) is 0 Å². The van der Waals surface area contributed by atoms with Gasteiger partial charge in [0.05, 0.1) is 13.0 Å². The highest BCUT2D eigenvalue weighted by atomic mass is 16.5. The molecule has 0 spiro atoms. The molecule has 2 aromatic carbocycles. The van der Waals surface area contributed by atoms with Crippen molar-refractivity contribution in [2.45, 2.75) is 72.8 Å². The van der Waals surface area contributed by atoms with Crippen molar-refractivity contribution in [3.05, 3.63) is 92.1 Å². The maximum Gasteiger partial charge on any atom is 0.439 e. The molecule has 0 bridgehead atoms. The van der Waals surface area contributed by atoms with E-state index in [9.17, 15) is 14.4 Å². The number of aromatic nitrogens is 4. The van der Waals surface area contributed by atoms with Crippen LogP contribution < -0.4 is 11.3 Å². The molecule has 3 heterocycles. The van der Waals surface area contributed by atoms with Crippen molar-refractivity contribution < 1.29 is 9.32 Å². The van der Waals surface area contributed by atoms with Gasteiger partial charge in [0.1, 0.15) is 5.82 Å². The number of aryl methyl sites for hydroxylation is 2. The van der Waals surface area contributed by atoms with Gasteiger partial charge in [-0.15, -0.1) is 0 Å². The molecule has 4 aromatic rings. The average Bonchev–Trinajstić information content (AvgIpc) is 3.46. The molecule has 5 rings (SSSR count). The quantitative estimate of drug-likeness (QED) is 0.268. The van der Waals surface area contributed by atoms with E-state index in [1.807, 2.05) is 60.4 Å². The summed E-state index contributed by atoms with van der Waals surface area (Å²) in [5.74, 6) is 1.79. The molecule has 0 atom stereocenters. The molecule has 1 aliphatic rings. The van der Waals surface area contributed by atoms with Gasteiger partial charge in [0, 0.05) is 36.3 Å². The van der Waals surface area contributed by atoms with Crippen LogP contribution in [0.15, 0.2) is 62.6 Å². The molecule has 0 unspecified atom stereocenters. The summed E-state index contributed by atoms with van der Waals surface area (Å²) in [6.07, 6.45) is 4.72. The lowest BCUT2D eigenvalue weighted by molar-refractivity contribution is -0.132. The van der Waals surface area contributed by atoms with E-state index in [4.69, 9.17) is 9.51 Å². The Bertz CT molecular complexity index is 1670. The summed E-state index contributed by atoms with van der Waals surface area (Å²) in [7, 11) is 0. The Labute approximate surface area is 252 Å². The molecular weight excluding hydrogens is 542 g/mol. The SMILES string of the molecule is CCCCc1nc(C)c(CC(=O)N2CCC(C(C)C)CC2)c(=O)n1Cc1ccc(-c2ccccc2-c2noc(=O)[nH]2)cc1. The lowest BCUT2D eigenvalue weighted by atomic mass is 9.86. The summed E-state index contributed by atoms with van der Waals surface area (Å²) >= 11 is 0. The van der Waals surface area contributed by atoms with E-state index < -0.39 is 5.76 Å². The maximum absolute atomic E-state index is 13.9. The highest BCUT2D eigenvalue weighted by molar-refractivity contribution is 5.80. The van der Waals surface area contributed by atoms with Crippen LogP contribution in [-0.2, 0) is 24.2 Å². The first-order valence-corrected chi connectivity index (χ1v) is 15.4. The van der Waals surface area contributed by atoms with Crippen LogP contribution in [0.25, 0.3) is 22.5 Å². The Hall–Kier alpha value is -4.27. The third kappa shape index (κ3) is 6.87. The molecule has 9 nitrogen and oxygen atoms in total. The van der Waals surface area contributed by atoms with E-state index >= 15 is 0 Å². The number of hydrogen-bond donors (Lipinski definition) is 1. The zero-order valence-corrected chi connectivity index (χ0v) is 25.6. The summed E-state index contributed by atoms with van der Waals surface area (Å²) in [6, 6.07) is 15.6. The lowest BCUT2D eigenvalue weighted by Crippen LogP contribution is -2.41. The number of hydrogen-bond acceptors (Lipinski definition) is 6. The fourth-order valence-corrected chi connectivity index (χ4v) is 5.99. The Morgan fingerprint density at radius 2 is 1.74 bits per heavy atom. The van der Waals surface area contributed by atoms with Gasteiger partial charge in [0.25, 0.3) is 5.56 Å². The van der Waals surface area contributed by atoms with Crippen molar-refractivity contribution in [2.24, 2.45) is 11.8 Å². The summed E-state index contributed by atoms with van der Waals surface area (Å²) in [4.78, 5) is 48.2. The average molecular weight is 584 g/mol. The number of nitrogens with one attached hydrogen (secondary N) is 1. The molecule has 0 aliphatic carbocycles. The third-order valence-corrected chi connectivity index (χ3v) is 8.69. The number of aromatic amines is 1. The molecular formula is C34H41N5O4. The minimum atomic E-state index is -0.604. The second-order valence-electron chi connectivity index (χ2n) is 11.9. The Balaban J connectivity index is 1.40. The Morgan fingerprint density at radius 3 is 2.37 bits per heavy atom. The van der Waals surface area contributed by atoms with Gasteiger partial charge in [0.15, 0.2) is 5.82 Å². The molecule has 226 valence electrons. The summed E-state index contributed by atoms with van der Waals surface area (Å²) < 4.78 is 6.46. The van der Waals surface area contributed by atoms with E-state index in [-0.39, 0.29) is 17.9 Å². The van der Waals surface area contributed by atoms with Gasteiger partial charge in [0.2, 0.25) is 5.91 Å². The zero-order chi connectivity index (χ0) is 30.5. The minimum Gasteiger partial charge on any atom is -0.342 e. The molecule has 9 heteroatoms. The predicted molar refractivity (Wildman–Crippen MR) is 167 cm³/mol. The van der Waals surface area contributed by atoms with Gasteiger partial charge in [-0.2, -0.15) is 0 Å². The summed E-state index contributed by atoms with van der Waals surface area (Å²) in [6.45, 7) is 10.3. The number of likely N-dealkylation sites (tertiary alicyclic amines) is 1. The molecule has 0 radical (unpaired) electrons. The van der Waals surface area contributed by atoms with Gasteiger partial charge in [-0.25, -0.2) is 9.78 Å². The molecule has 1 N–H and O–H groups in total. The van der Waals surface area contributed by atoms with Crippen LogP contribution in [0.5, 0.6) is 0 Å². The summed E-state index contributed by atoms with van der Waals surface area (Å²) in [5, 5.41) is 3.85. The second kappa shape index (κ2) is 13.4. The van der Waals surface area contributed by atoms with Crippen molar-refractivity contribution in [1.29, 1.82) is 0 Å². The number of carbonyl (C=O) groups is 1. The maximum atomic E-state index is 13.9. The second-order valence-corrected chi connectivity index (χ2v) is 11.9. The molecule has 0 saturated carbocycles. The van der Waals surface area contributed by atoms with Crippen LogP contribution in [0.1, 0.15) is 69.1 Å². The first-order chi connectivity index (χ1) is 20.7. The van der Waals surface area contributed by atoms with Crippen LogP contribution >= 0.6 is 0 Å². The van der Waals surface area contributed by atoms with Crippen molar-refractivity contribution in [3.8, 4) is 22.5 Å². The molecule has 2 aromatic heterocycles. The highest BCUT2D eigenvalue weighted by Gasteiger charge is 2.26. The Morgan fingerprint density at radius 1 is 1.05 bits per heavy atom. The lowest BCUT2D eigenvalue weighted by Gasteiger charge is -2.34. The topological polar surface area (TPSA) is 114 Å². The van der Waals surface area contributed by atoms with Gasteiger partial charge < -0.3 is 4.90 Å². The van der Waals surface area contributed by atoms with Crippen molar-refractivity contribution in [3.63, 3.8) is 0 Å². The van der Waals surface area contributed by atoms with Crippen LogP contribution in [0.3, 0.4) is 0 Å². The monoisotopic (exact) mass is 583 g/mol. The predicted octanol–water partition coefficient (Wildman–Crippen LogP) is 5.39. The first kappa shape index (κ1) is 30.2. The van der Waals surface area contributed by atoms with E-state index in [1.54, 1.807) is 4.57 Å². The van der Waals surface area contributed by atoms with Crippen molar-refractivity contribution in [1.82, 2.24) is 24.6 Å². The van der Waals surface area contributed by atoms with Crippen molar-refractivity contribution >= 4 is 5.91 Å². The van der Waals surface area contributed by atoms with Crippen LogP contribution in [0.2, 0.25) is 0 Å². The number of amides is 1. The number of piperidine rings is 1. The van der Waals surface area contributed by atoms with Gasteiger partial charge in [-0.3, -0.25) is 23.7 Å². The van der Waals surface area contributed by atoms with E-state index in [1.165, 1.54) is 0 Å². The minimum absolute atomic E-state index is 0.00791. The molecule has 1 fully saturated rings. The molecule has 43 heavy (non-hydrogen) atoms. The zero-order valence-electron chi connectivity index (χ0n) is 25.6. The first-order valence-electron chi connectivity index (χ1n) is 15.4. The third-order valence-electron chi connectivity index (χ3n) is 8.69. The van der Waals surface area contributed by atoms with Crippen LogP contribution in [-0.4, -0.2) is 43.6 Å². The van der Waals surface area contributed by atoms with E-state index in [2.05, 4.69) is 30.9 Å². The number of carbonyl (C=O) groups excluding carboxylic acids is 1. The molecule has 1 amide bonds. The van der Waals surface area contributed by atoms with Gasteiger partial charge in [-0.1, -0.05) is 80.9 Å². The van der Waals surface area contributed by atoms with Crippen LogP contribution in [0, 0.1) is 18.8 Å². The standard InChI is InChI=1S/C34H41N5O4/c1-5-6-11-30-35-23(4)29(20-31(40)38-18-16-25(17-19-38)22(2)3)33(41)39(30)21-24-12-14-26(15-13-24)27-9-7-8-10-28(27)32-36-34(42)43-37-32/h7-10,12-15,22,25H,5-6,11,16-21H2,1-4H3,(H,36,37,42). The van der Waals surface area contributed by atoms with Gasteiger partial charge >= 0.3 is 5.76 Å². The fourth-order valence-electron chi connectivity index (χ4n) is 5.99. The number of rotatable bonds is 10.